The highest BCUT2D eigenvalue weighted by Gasteiger charge is 2.29. The number of anilines is 1. The molecular formula is C10H13F3N2O. The normalized spacial score (nSPS) is 11.4. The van der Waals surface area contributed by atoms with E-state index in [1.807, 2.05) is 6.92 Å². The van der Waals surface area contributed by atoms with Crippen LogP contribution >= 0.6 is 0 Å². The van der Waals surface area contributed by atoms with E-state index in [0.29, 0.717) is 11.4 Å². The standard InChI is InChI=1S/C10H13F3N2O/c1-6-4-8(14-3)9(15-7(6)2)16-5-10(11,12)13/h4,14H,5H2,1-3H3. The average molecular weight is 234 g/mol. The monoisotopic (exact) mass is 234 g/mol. The first-order valence-corrected chi connectivity index (χ1v) is 4.69. The number of halogens is 3. The molecule has 0 saturated heterocycles. The second-order valence-corrected chi connectivity index (χ2v) is 3.40. The number of pyridine rings is 1. The predicted molar refractivity (Wildman–Crippen MR) is 54.8 cm³/mol. The van der Waals surface area contributed by atoms with Crippen LogP contribution in [0.15, 0.2) is 6.07 Å². The summed E-state index contributed by atoms with van der Waals surface area (Å²) >= 11 is 0. The van der Waals surface area contributed by atoms with E-state index in [1.165, 1.54) is 0 Å². The third kappa shape index (κ3) is 3.29. The molecule has 0 saturated carbocycles. The molecule has 0 amide bonds. The maximum atomic E-state index is 12.0. The summed E-state index contributed by atoms with van der Waals surface area (Å²) in [4.78, 5) is 3.96. The molecule has 16 heavy (non-hydrogen) atoms. The number of nitrogens with zero attached hydrogens (tertiary/aromatic N) is 1. The molecule has 0 aromatic carbocycles. The Kier molecular flexibility index (Phi) is 3.62. The van der Waals surface area contributed by atoms with Crippen LogP contribution in [0.2, 0.25) is 0 Å². The fourth-order valence-electron chi connectivity index (χ4n) is 1.12. The summed E-state index contributed by atoms with van der Waals surface area (Å²) in [6.07, 6.45) is -4.36. The number of alkyl halides is 3. The van der Waals surface area contributed by atoms with Gasteiger partial charge in [-0.1, -0.05) is 0 Å². The van der Waals surface area contributed by atoms with E-state index in [2.05, 4.69) is 15.0 Å². The first-order valence-electron chi connectivity index (χ1n) is 4.69. The highest BCUT2D eigenvalue weighted by molar-refractivity contribution is 5.54. The van der Waals surface area contributed by atoms with Crippen molar-refractivity contribution < 1.29 is 17.9 Å². The Morgan fingerprint density at radius 2 is 2.00 bits per heavy atom. The van der Waals surface area contributed by atoms with Crippen molar-refractivity contribution in [2.75, 3.05) is 19.0 Å². The van der Waals surface area contributed by atoms with Gasteiger partial charge in [0.25, 0.3) is 0 Å². The summed E-state index contributed by atoms with van der Waals surface area (Å²) in [5.74, 6) is -0.0251. The van der Waals surface area contributed by atoms with Crippen molar-refractivity contribution in [3.8, 4) is 5.88 Å². The summed E-state index contributed by atoms with van der Waals surface area (Å²) in [5, 5.41) is 2.75. The molecule has 0 spiro atoms. The van der Waals surface area contributed by atoms with Crippen molar-refractivity contribution in [3.63, 3.8) is 0 Å². The second kappa shape index (κ2) is 4.59. The summed E-state index contributed by atoms with van der Waals surface area (Å²) in [5.41, 5.74) is 1.99. The van der Waals surface area contributed by atoms with Crippen LogP contribution in [0.3, 0.4) is 0 Å². The van der Waals surface area contributed by atoms with Crippen molar-refractivity contribution in [1.29, 1.82) is 0 Å². The van der Waals surface area contributed by atoms with Gasteiger partial charge in [-0.05, 0) is 25.5 Å². The Morgan fingerprint density at radius 1 is 1.38 bits per heavy atom. The fraction of sp³-hybridized carbons (Fsp3) is 0.500. The van der Waals surface area contributed by atoms with E-state index in [0.717, 1.165) is 5.56 Å². The van der Waals surface area contributed by atoms with Gasteiger partial charge in [-0.3, -0.25) is 0 Å². The number of aromatic nitrogens is 1. The third-order valence-electron chi connectivity index (χ3n) is 2.07. The van der Waals surface area contributed by atoms with Crippen LogP contribution in [0, 0.1) is 13.8 Å². The lowest BCUT2D eigenvalue weighted by Gasteiger charge is -2.13. The lowest BCUT2D eigenvalue weighted by molar-refractivity contribution is -0.154. The van der Waals surface area contributed by atoms with Gasteiger partial charge in [0.2, 0.25) is 5.88 Å². The number of nitrogens with one attached hydrogen (secondary N) is 1. The van der Waals surface area contributed by atoms with Gasteiger partial charge >= 0.3 is 6.18 Å². The molecule has 0 unspecified atom stereocenters. The predicted octanol–water partition coefficient (Wildman–Crippen LogP) is 2.68. The minimum Gasteiger partial charge on any atom is -0.467 e. The minimum absolute atomic E-state index is 0.0251. The molecular weight excluding hydrogens is 221 g/mol. The molecule has 1 heterocycles. The van der Waals surface area contributed by atoms with Crippen molar-refractivity contribution >= 4 is 5.69 Å². The van der Waals surface area contributed by atoms with Crippen molar-refractivity contribution in [3.05, 3.63) is 17.3 Å². The Bertz CT molecular complexity index is 377. The number of rotatable bonds is 3. The molecule has 0 bridgehead atoms. The molecule has 0 radical (unpaired) electrons. The van der Waals surface area contributed by atoms with Gasteiger partial charge in [-0.2, -0.15) is 13.2 Å². The second-order valence-electron chi connectivity index (χ2n) is 3.40. The Balaban J connectivity index is 2.90. The number of aryl methyl sites for hydroxylation is 2. The van der Waals surface area contributed by atoms with Gasteiger partial charge < -0.3 is 10.1 Å². The molecule has 90 valence electrons. The highest BCUT2D eigenvalue weighted by atomic mass is 19.4. The van der Waals surface area contributed by atoms with E-state index in [1.54, 1.807) is 20.0 Å². The summed E-state index contributed by atoms with van der Waals surface area (Å²) in [6.45, 7) is 2.21. The van der Waals surface area contributed by atoms with Crippen LogP contribution in [0.4, 0.5) is 18.9 Å². The van der Waals surface area contributed by atoms with Gasteiger partial charge in [0.15, 0.2) is 6.61 Å². The maximum Gasteiger partial charge on any atom is 0.422 e. The van der Waals surface area contributed by atoms with Gasteiger partial charge in [0.1, 0.15) is 0 Å². The molecule has 6 heteroatoms. The van der Waals surface area contributed by atoms with Crippen LogP contribution in [-0.2, 0) is 0 Å². The van der Waals surface area contributed by atoms with E-state index in [4.69, 9.17) is 0 Å². The van der Waals surface area contributed by atoms with Crippen LogP contribution in [0.25, 0.3) is 0 Å². The topological polar surface area (TPSA) is 34.2 Å². The van der Waals surface area contributed by atoms with Crippen molar-refractivity contribution in [2.45, 2.75) is 20.0 Å². The molecule has 3 nitrogen and oxygen atoms in total. The molecule has 0 atom stereocenters. The summed E-state index contributed by atoms with van der Waals surface area (Å²) in [6, 6.07) is 1.70. The molecule has 0 aliphatic rings. The molecule has 1 aromatic rings. The summed E-state index contributed by atoms with van der Waals surface area (Å²) < 4.78 is 40.6. The fourth-order valence-corrected chi connectivity index (χ4v) is 1.12. The zero-order valence-electron chi connectivity index (χ0n) is 9.27. The minimum atomic E-state index is -4.36. The Morgan fingerprint density at radius 3 is 2.50 bits per heavy atom. The molecule has 1 aromatic heterocycles. The van der Waals surface area contributed by atoms with Gasteiger partial charge in [0.05, 0.1) is 5.69 Å². The van der Waals surface area contributed by atoms with Crippen molar-refractivity contribution in [2.24, 2.45) is 0 Å². The van der Waals surface area contributed by atoms with Crippen LogP contribution in [-0.4, -0.2) is 24.8 Å². The molecule has 0 aliphatic carbocycles. The van der Waals surface area contributed by atoms with Crippen LogP contribution in [0.1, 0.15) is 11.3 Å². The van der Waals surface area contributed by atoms with Crippen LogP contribution in [0.5, 0.6) is 5.88 Å². The average Bonchev–Trinajstić information content (AvgIpc) is 2.18. The smallest absolute Gasteiger partial charge is 0.422 e. The maximum absolute atomic E-state index is 12.0. The molecule has 0 aliphatic heterocycles. The number of ether oxygens (including phenoxy) is 1. The van der Waals surface area contributed by atoms with E-state index in [-0.39, 0.29) is 5.88 Å². The Hall–Kier alpha value is -1.46. The van der Waals surface area contributed by atoms with E-state index >= 15 is 0 Å². The molecule has 1 rings (SSSR count). The third-order valence-corrected chi connectivity index (χ3v) is 2.07. The van der Waals surface area contributed by atoms with Gasteiger partial charge in [-0.15, -0.1) is 0 Å². The molecule has 0 fully saturated rings. The van der Waals surface area contributed by atoms with Crippen LogP contribution < -0.4 is 10.1 Å². The molecule has 1 N–H and O–H groups in total. The van der Waals surface area contributed by atoms with Gasteiger partial charge in [-0.25, -0.2) is 4.98 Å². The van der Waals surface area contributed by atoms with Crippen molar-refractivity contribution in [1.82, 2.24) is 4.98 Å². The lowest BCUT2D eigenvalue weighted by Crippen LogP contribution is -2.20. The SMILES string of the molecule is CNc1cc(C)c(C)nc1OCC(F)(F)F. The first kappa shape index (κ1) is 12.6. The summed E-state index contributed by atoms with van der Waals surface area (Å²) in [7, 11) is 1.60. The number of hydrogen-bond donors (Lipinski definition) is 1. The largest absolute Gasteiger partial charge is 0.467 e. The highest BCUT2D eigenvalue weighted by Crippen LogP contribution is 2.26. The zero-order chi connectivity index (χ0) is 12.3. The number of hydrogen-bond acceptors (Lipinski definition) is 3. The van der Waals surface area contributed by atoms with Gasteiger partial charge in [0, 0.05) is 12.7 Å². The quantitative estimate of drug-likeness (QED) is 0.873. The zero-order valence-corrected chi connectivity index (χ0v) is 9.27. The first-order chi connectivity index (χ1) is 7.33. The Labute approximate surface area is 91.6 Å². The lowest BCUT2D eigenvalue weighted by atomic mass is 10.2. The van der Waals surface area contributed by atoms with E-state index in [9.17, 15) is 13.2 Å². The van der Waals surface area contributed by atoms with E-state index < -0.39 is 12.8 Å².